The Hall–Kier alpha value is -0.730. The Morgan fingerprint density at radius 1 is 1.33 bits per heavy atom. The van der Waals surface area contributed by atoms with Crippen LogP contribution >= 0.6 is 12.6 Å². The van der Waals surface area contributed by atoms with Crippen LogP contribution < -0.4 is 0 Å². The number of rotatable bonds is 6. The van der Waals surface area contributed by atoms with Gasteiger partial charge in [-0.15, -0.1) is 0 Å². The van der Waals surface area contributed by atoms with E-state index in [1.807, 2.05) is 0 Å². The first-order chi connectivity index (χ1) is 7.22. The van der Waals surface area contributed by atoms with E-state index in [0.717, 1.165) is 25.3 Å². The van der Waals surface area contributed by atoms with Crippen molar-refractivity contribution in [1.82, 2.24) is 4.90 Å². The number of thiol groups is 1. The summed E-state index contributed by atoms with van der Waals surface area (Å²) in [6, 6.07) is 10.6. The van der Waals surface area contributed by atoms with Crippen LogP contribution in [0.2, 0.25) is 0 Å². The normalized spacial score (nSPS) is 10.6. The van der Waals surface area contributed by atoms with Crippen LogP contribution in [0.15, 0.2) is 42.5 Å². The maximum atomic E-state index is 4.20. The molecule has 1 aromatic carbocycles. The Labute approximate surface area is 98.2 Å². The van der Waals surface area contributed by atoms with Crippen molar-refractivity contribution in [1.29, 1.82) is 0 Å². The number of nitrogens with zero attached hydrogens (tertiary/aromatic N) is 1. The minimum Gasteiger partial charge on any atom is -0.302 e. The van der Waals surface area contributed by atoms with Gasteiger partial charge in [0.25, 0.3) is 0 Å². The lowest BCUT2D eigenvalue weighted by Gasteiger charge is -2.17. The summed E-state index contributed by atoms with van der Waals surface area (Å²) in [6.07, 6.45) is 1.09. The predicted octanol–water partition coefficient (Wildman–Crippen LogP) is 2.65. The average molecular weight is 221 g/mol. The van der Waals surface area contributed by atoms with Crippen LogP contribution in [-0.2, 0) is 6.42 Å². The summed E-state index contributed by atoms with van der Waals surface area (Å²) in [5.41, 5.74) is 2.56. The fourth-order valence-electron chi connectivity index (χ4n) is 1.48. The average Bonchev–Trinajstić information content (AvgIpc) is 2.27. The quantitative estimate of drug-likeness (QED) is 0.571. The molecule has 0 unspecified atom stereocenters. The van der Waals surface area contributed by atoms with E-state index >= 15 is 0 Å². The molecule has 15 heavy (non-hydrogen) atoms. The van der Waals surface area contributed by atoms with Crippen LogP contribution in [0.3, 0.4) is 0 Å². The molecule has 2 heteroatoms. The molecule has 1 nitrogen and oxygen atoms in total. The van der Waals surface area contributed by atoms with Gasteiger partial charge >= 0.3 is 0 Å². The van der Waals surface area contributed by atoms with Crippen LogP contribution in [0.4, 0.5) is 0 Å². The van der Waals surface area contributed by atoms with Crippen molar-refractivity contribution < 1.29 is 0 Å². The number of likely N-dealkylation sites (N-methyl/N-ethyl adjacent to an activating group) is 1. The maximum Gasteiger partial charge on any atom is 0.0195 e. The molecule has 0 N–H and O–H groups in total. The summed E-state index contributed by atoms with van der Waals surface area (Å²) in [6.45, 7) is 5.96. The van der Waals surface area contributed by atoms with Crippen molar-refractivity contribution in [3.05, 3.63) is 48.0 Å². The van der Waals surface area contributed by atoms with Gasteiger partial charge in [0.1, 0.15) is 0 Å². The van der Waals surface area contributed by atoms with Gasteiger partial charge in [-0.25, -0.2) is 0 Å². The standard InChI is InChI=1S/C13H19NS/c1-12(11-15)10-14(2)9-8-13-6-4-3-5-7-13/h3-7,15H,1,8-11H2,2H3. The minimum absolute atomic E-state index is 0.773. The molecule has 0 aromatic heterocycles. The molecule has 0 radical (unpaired) electrons. The first-order valence-corrected chi connectivity index (χ1v) is 5.85. The van der Waals surface area contributed by atoms with E-state index < -0.39 is 0 Å². The van der Waals surface area contributed by atoms with Crippen molar-refractivity contribution in [2.24, 2.45) is 0 Å². The van der Waals surface area contributed by atoms with Crippen LogP contribution in [0, 0.1) is 0 Å². The third-order valence-electron chi connectivity index (χ3n) is 2.34. The van der Waals surface area contributed by atoms with Gasteiger partial charge in [-0.2, -0.15) is 12.6 Å². The molecular weight excluding hydrogens is 202 g/mol. The van der Waals surface area contributed by atoms with Gasteiger partial charge in [-0.1, -0.05) is 42.5 Å². The lowest BCUT2D eigenvalue weighted by Crippen LogP contribution is -2.23. The lowest BCUT2D eigenvalue weighted by molar-refractivity contribution is 0.368. The first-order valence-electron chi connectivity index (χ1n) is 5.22. The van der Waals surface area contributed by atoms with Gasteiger partial charge in [0.05, 0.1) is 0 Å². The van der Waals surface area contributed by atoms with Crippen molar-refractivity contribution in [2.75, 3.05) is 25.9 Å². The van der Waals surface area contributed by atoms with Crippen LogP contribution in [0.25, 0.3) is 0 Å². The van der Waals surface area contributed by atoms with E-state index in [-0.39, 0.29) is 0 Å². The van der Waals surface area contributed by atoms with Gasteiger partial charge < -0.3 is 4.90 Å². The summed E-state index contributed by atoms with van der Waals surface area (Å²) in [5, 5.41) is 0. The van der Waals surface area contributed by atoms with Crippen LogP contribution in [0.1, 0.15) is 5.56 Å². The van der Waals surface area contributed by atoms with Gasteiger partial charge in [0, 0.05) is 18.8 Å². The lowest BCUT2D eigenvalue weighted by atomic mass is 10.1. The maximum absolute atomic E-state index is 4.20. The Balaban J connectivity index is 2.28. The van der Waals surface area contributed by atoms with Crippen molar-refractivity contribution in [2.45, 2.75) is 6.42 Å². The molecule has 0 bridgehead atoms. The molecule has 0 spiro atoms. The van der Waals surface area contributed by atoms with Gasteiger partial charge in [0.2, 0.25) is 0 Å². The Morgan fingerprint density at radius 2 is 2.00 bits per heavy atom. The third-order valence-corrected chi connectivity index (χ3v) is 2.79. The minimum atomic E-state index is 0.773. The smallest absolute Gasteiger partial charge is 0.0195 e. The van der Waals surface area contributed by atoms with Crippen molar-refractivity contribution in [3.63, 3.8) is 0 Å². The molecule has 1 aromatic rings. The largest absolute Gasteiger partial charge is 0.302 e. The Kier molecular flexibility index (Phi) is 5.51. The second kappa shape index (κ2) is 6.70. The molecular formula is C13H19NS. The molecule has 0 aliphatic rings. The fraction of sp³-hybridized carbons (Fsp3) is 0.385. The monoisotopic (exact) mass is 221 g/mol. The summed E-state index contributed by atoms with van der Waals surface area (Å²) < 4.78 is 0. The van der Waals surface area contributed by atoms with E-state index in [2.05, 4.69) is 61.5 Å². The Morgan fingerprint density at radius 3 is 2.60 bits per heavy atom. The zero-order chi connectivity index (χ0) is 11.1. The van der Waals surface area contributed by atoms with Gasteiger partial charge in [-0.05, 0) is 19.0 Å². The zero-order valence-corrected chi connectivity index (χ0v) is 10.2. The number of hydrogen-bond donors (Lipinski definition) is 1. The topological polar surface area (TPSA) is 3.24 Å². The van der Waals surface area contributed by atoms with Gasteiger partial charge in [-0.3, -0.25) is 0 Å². The molecule has 0 saturated heterocycles. The van der Waals surface area contributed by atoms with Crippen molar-refractivity contribution >= 4 is 12.6 Å². The van der Waals surface area contributed by atoms with E-state index in [0.29, 0.717) is 0 Å². The molecule has 0 atom stereocenters. The van der Waals surface area contributed by atoms with E-state index in [1.54, 1.807) is 0 Å². The van der Waals surface area contributed by atoms with E-state index in [1.165, 1.54) is 11.1 Å². The van der Waals surface area contributed by atoms with E-state index in [4.69, 9.17) is 0 Å². The van der Waals surface area contributed by atoms with Crippen molar-refractivity contribution in [3.8, 4) is 0 Å². The highest BCUT2D eigenvalue weighted by atomic mass is 32.1. The molecule has 82 valence electrons. The van der Waals surface area contributed by atoms with E-state index in [9.17, 15) is 0 Å². The molecule has 0 heterocycles. The van der Waals surface area contributed by atoms with Crippen LogP contribution in [-0.4, -0.2) is 30.8 Å². The summed E-state index contributed by atoms with van der Waals surface area (Å²) in [5.74, 6) is 0.773. The summed E-state index contributed by atoms with van der Waals surface area (Å²) in [7, 11) is 2.12. The van der Waals surface area contributed by atoms with Crippen LogP contribution in [0.5, 0.6) is 0 Å². The highest BCUT2D eigenvalue weighted by Gasteiger charge is 2.00. The summed E-state index contributed by atoms with van der Waals surface area (Å²) >= 11 is 4.20. The second-order valence-electron chi connectivity index (χ2n) is 3.88. The molecule has 0 fully saturated rings. The van der Waals surface area contributed by atoms with Gasteiger partial charge in [0.15, 0.2) is 0 Å². The molecule has 1 rings (SSSR count). The highest BCUT2D eigenvalue weighted by Crippen LogP contribution is 2.02. The first kappa shape index (κ1) is 12.3. The zero-order valence-electron chi connectivity index (χ0n) is 9.32. The number of benzene rings is 1. The fourth-order valence-corrected chi connectivity index (χ4v) is 1.58. The molecule has 0 aliphatic heterocycles. The Bertz CT molecular complexity index is 295. The summed E-state index contributed by atoms with van der Waals surface area (Å²) in [4.78, 5) is 2.28. The molecule has 0 saturated carbocycles. The SMILES string of the molecule is C=C(CS)CN(C)CCc1ccccc1. The third kappa shape index (κ3) is 5.05. The number of hydrogen-bond acceptors (Lipinski definition) is 2. The molecule has 0 amide bonds. The highest BCUT2D eigenvalue weighted by molar-refractivity contribution is 7.80. The predicted molar refractivity (Wildman–Crippen MR) is 70.6 cm³/mol. The molecule has 0 aliphatic carbocycles. The second-order valence-corrected chi connectivity index (χ2v) is 4.20.